The molecule has 4 heterocycles. The third-order valence-electron chi connectivity index (χ3n) is 16.5. The molecule has 16 rings (SSSR count). The van der Waals surface area contributed by atoms with Gasteiger partial charge in [0.2, 0.25) is 0 Å². The van der Waals surface area contributed by atoms with Gasteiger partial charge >= 0.3 is 0 Å². The maximum atomic E-state index is 2.47. The van der Waals surface area contributed by atoms with Crippen molar-refractivity contribution in [2.45, 2.75) is 0 Å². The lowest BCUT2D eigenvalue weighted by molar-refractivity contribution is 1.22. The monoisotopic (exact) mass is 1160 g/mol. The summed E-state index contributed by atoms with van der Waals surface area (Å²) >= 11 is 3.67. The van der Waals surface area contributed by atoms with Gasteiger partial charge in [-0.05, 0) is 194 Å². The number of fused-ring (bicyclic) bond motifs is 6. The zero-order chi connectivity index (χ0) is 58.3. The minimum Gasteiger partial charge on any atom is -0.310 e. The van der Waals surface area contributed by atoms with Gasteiger partial charge in [0.25, 0.3) is 0 Å². The molecule has 0 aliphatic heterocycles. The van der Waals surface area contributed by atoms with E-state index in [1.54, 1.807) is 0 Å². The fourth-order valence-corrected chi connectivity index (χ4v) is 14.8. The first kappa shape index (κ1) is 52.4. The van der Waals surface area contributed by atoms with Gasteiger partial charge in [0, 0.05) is 99.5 Å². The number of nitrogens with zero attached hydrogens (tertiary/aromatic N) is 6. The van der Waals surface area contributed by atoms with Crippen molar-refractivity contribution in [3.63, 3.8) is 0 Å². The highest BCUT2D eigenvalue weighted by molar-refractivity contribution is 7.24. The molecule has 0 saturated carbocycles. The van der Waals surface area contributed by atoms with Gasteiger partial charge in [-0.1, -0.05) is 146 Å². The van der Waals surface area contributed by atoms with E-state index in [1.165, 1.54) is 31.3 Å². The first-order valence-electron chi connectivity index (χ1n) is 29.7. The van der Waals surface area contributed by atoms with Crippen molar-refractivity contribution in [1.82, 2.24) is 9.13 Å². The Balaban J connectivity index is 0.841. The average Bonchev–Trinajstić information content (AvgIpc) is 1.71. The van der Waals surface area contributed by atoms with Gasteiger partial charge in [-0.3, -0.25) is 0 Å². The molecule has 0 saturated heterocycles. The van der Waals surface area contributed by atoms with E-state index >= 15 is 0 Å². The topological polar surface area (TPSA) is 22.8 Å². The maximum absolute atomic E-state index is 2.47. The summed E-state index contributed by atoms with van der Waals surface area (Å²) in [5, 5.41) is 6.98. The highest BCUT2D eigenvalue weighted by atomic mass is 32.1. The van der Waals surface area contributed by atoms with Crippen molar-refractivity contribution in [2.75, 3.05) is 19.6 Å². The number of benzene rings is 12. The smallest absolute Gasteiger partial charge is 0.101 e. The molecule has 0 aliphatic carbocycles. The van der Waals surface area contributed by atoms with E-state index in [-0.39, 0.29) is 0 Å². The highest BCUT2D eigenvalue weighted by Crippen LogP contribution is 2.48. The van der Waals surface area contributed by atoms with Gasteiger partial charge in [-0.15, -0.1) is 22.7 Å². The van der Waals surface area contributed by atoms with E-state index in [9.17, 15) is 0 Å². The zero-order valence-corrected chi connectivity index (χ0v) is 49.5. The Kier molecular flexibility index (Phi) is 13.5. The van der Waals surface area contributed by atoms with Crippen molar-refractivity contribution < 1.29 is 0 Å². The molecule has 0 radical (unpaired) electrons. The van der Waals surface area contributed by atoms with Crippen LogP contribution >= 0.6 is 22.7 Å². The molecular weight excluding hydrogens is 1110 g/mol. The molecule has 6 nitrogen and oxygen atoms in total. The van der Waals surface area contributed by atoms with Crippen molar-refractivity contribution in [2.24, 2.45) is 0 Å². The lowest BCUT2D eigenvalue weighted by atomic mass is 10.1. The van der Waals surface area contributed by atoms with Gasteiger partial charge in [0.1, 0.15) is 10.0 Å². The van der Waals surface area contributed by atoms with Crippen LogP contribution in [0, 0.1) is 0 Å². The molecule has 8 heteroatoms. The quantitative estimate of drug-likeness (QED) is 0.102. The van der Waals surface area contributed by atoms with Gasteiger partial charge in [0.05, 0.1) is 22.1 Å². The Morgan fingerprint density at radius 2 is 0.375 bits per heavy atom. The molecule has 0 spiro atoms. The molecule has 418 valence electrons. The van der Waals surface area contributed by atoms with Crippen LogP contribution in [-0.2, 0) is 0 Å². The summed E-state index contributed by atoms with van der Waals surface area (Å²) in [6, 6.07) is 123. The van der Waals surface area contributed by atoms with E-state index in [2.05, 4.69) is 368 Å². The minimum atomic E-state index is 1.09. The average molecular weight is 1170 g/mol. The summed E-state index contributed by atoms with van der Waals surface area (Å²) in [6.45, 7) is 0. The van der Waals surface area contributed by atoms with Crippen LogP contribution in [0.25, 0.3) is 63.4 Å². The third-order valence-corrected chi connectivity index (χ3v) is 18.8. The van der Waals surface area contributed by atoms with Gasteiger partial charge in [-0.25, -0.2) is 0 Å². The summed E-state index contributed by atoms with van der Waals surface area (Å²) in [5.41, 5.74) is 17.7. The van der Waals surface area contributed by atoms with Gasteiger partial charge < -0.3 is 28.7 Å². The van der Waals surface area contributed by atoms with E-state index < -0.39 is 0 Å². The van der Waals surface area contributed by atoms with Crippen molar-refractivity contribution in [1.29, 1.82) is 0 Å². The Hall–Kier alpha value is -11.2. The maximum Gasteiger partial charge on any atom is 0.101 e. The number of para-hydroxylation sites is 8. The third kappa shape index (κ3) is 9.54. The Morgan fingerprint density at radius 1 is 0.182 bits per heavy atom. The Labute approximate surface area is 519 Å². The number of thiophene rings is 2. The zero-order valence-electron chi connectivity index (χ0n) is 47.8. The van der Waals surface area contributed by atoms with Crippen LogP contribution < -0.4 is 19.6 Å². The number of aromatic nitrogens is 2. The molecule has 0 bridgehead atoms. The minimum absolute atomic E-state index is 1.09. The standard InChI is InChI=1S/C80H56N6S2/c1-9-25-57(26-10-1)81(58-27-11-2-12-28-58)65-41-45-73-69(53-65)70-54-66(82(59-29-13-3-14-30-59)60-31-15-4-16-32-60)42-46-74(70)85(73)79-51-49-77(87-79)78-50-52-80(88-78)86-75-47-43-67(83(61-33-17-5-18-34-61)62-35-19-6-20-36-62)55-71(75)72-56-68(44-48-76(72)86)84(63-37-21-7-22-38-63)64-39-23-8-24-40-64/h1-56H. The highest BCUT2D eigenvalue weighted by Gasteiger charge is 2.24. The Morgan fingerprint density at radius 3 is 0.568 bits per heavy atom. The summed E-state index contributed by atoms with van der Waals surface area (Å²) in [7, 11) is 0. The second-order valence-electron chi connectivity index (χ2n) is 21.8. The molecule has 0 fully saturated rings. The van der Waals surface area contributed by atoms with Crippen LogP contribution in [0.1, 0.15) is 0 Å². The molecule has 16 aromatic rings. The number of hydrogen-bond donors (Lipinski definition) is 0. The lowest BCUT2D eigenvalue weighted by Gasteiger charge is -2.26. The molecule has 0 unspecified atom stereocenters. The molecule has 12 aromatic carbocycles. The molecule has 0 amide bonds. The predicted octanol–water partition coefficient (Wildman–Crippen LogP) is 23.6. The predicted molar refractivity (Wildman–Crippen MR) is 375 cm³/mol. The van der Waals surface area contributed by atoms with Crippen LogP contribution in [-0.4, -0.2) is 9.13 Å². The largest absolute Gasteiger partial charge is 0.310 e. The number of anilines is 12. The molecule has 88 heavy (non-hydrogen) atoms. The van der Waals surface area contributed by atoms with Crippen molar-refractivity contribution in [3.8, 4) is 19.8 Å². The lowest BCUT2D eigenvalue weighted by Crippen LogP contribution is -2.09. The first-order chi connectivity index (χ1) is 43.7. The van der Waals surface area contributed by atoms with Crippen molar-refractivity contribution >= 4 is 135 Å². The van der Waals surface area contributed by atoms with Gasteiger partial charge in [0.15, 0.2) is 0 Å². The molecule has 0 atom stereocenters. The van der Waals surface area contributed by atoms with E-state index in [0.29, 0.717) is 0 Å². The number of rotatable bonds is 15. The fraction of sp³-hybridized carbons (Fsp3) is 0. The number of hydrogen-bond acceptors (Lipinski definition) is 6. The Bertz CT molecular complexity index is 4320. The SMILES string of the molecule is c1ccc(N(c2ccccc2)c2ccc3c(c2)c2cc(N(c4ccccc4)c4ccccc4)ccc2n3-c2ccc(-c3ccc(-n4c5ccc(N(c6ccccc6)c6ccccc6)cc5c5cc(N(c6ccccc6)c6ccccc6)ccc54)s3)s2)cc1. The normalized spacial score (nSPS) is 11.4. The van der Waals surface area contributed by atoms with Crippen LogP contribution in [0.2, 0.25) is 0 Å². The van der Waals surface area contributed by atoms with Crippen LogP contribution in [0.5, 0.6) is 0 Å². The first-order valence-corrected chi connectivity index (χ1v) is 31.3. The summed E-state index contributed by atoms with van der Waals surface area (Å²) in [5.74, 6) is 0. The van der Waals surface area contributed by atoms with E-state index in [1.807, 2.05) is 22.7 Å². The van der Waals surface area contributed by atoms with E-state index in [4.69, 9.17) is 0 Å². The van der Waals surface area contributed by atoms with Crippen molar-refractivity contribution in [3.05, 3.63) is 340 Å². The molecular formula is C80H56N6S2. The van der Waals surface area contributed by atoms with Crippen LogP contribution in [0.15, 0.2) is 340 Å². The summed E-state index contributed by atoms with van der Waals surface area (Å²) in [6.07, 6.45) is 0. The molecule has 4 aromatic heterocycles. The van der Waals surface area contributed by atoms with Crippen LogP contribution in [0.3, 0.4) is 0 Å². The van der Waals surface area contributed by atoms with Gasteiger partial charge in [-0.2, -0.15) is 0 Å². The van der Waals surface area contributed by atoms with Crippen LogP contribution in [0.4, 0.5) is 68.2 Å². The summed E-state index contributed by atoms with van der Waals surface area (Å²) in [4.78, 5) is 11.8. The summed E-state index contributed by atoms with van der Waals surface area (Å²) < 4.78 is 4.94. The van der Waals surface area contributed by atoms with E-state index in [0.717, 1.165) is 100 Å². The second kappa shape index (κ2) is 22.7. The molecule has 0 N–H and O–H groups in total. The second-order valence-corrected chi connectivity index (χ2v) is 23.9. The fourth-order valence-electron chi connectivity index (χ4n) is 12.6. The molecule has 0 aliphatic rings.